The molecule has 0 saturated heterocycles. The zero-order valence-electron chi connectivity index (χ0n) is 9.52. The summed E-state index contributed by atoms with van der Waals surface area (Å²) in [6.45, 7) is 0.542. The summed E-state index contributed by atoms with van der Waals surface area (Å²) in [5, 5.41) is 18.6. The second kappa shape index (κ2) is 4.37. The van der Waals surface area contributed by atoms with Crippen LogP contribution in [-0.4, -0.2) is 10.3 Å². The maximum Gasteiger partial charge on any atom is 0.157 e. The molecule has 0 aliphatic carbocycles. The summed E-state index contributed by atoms with van der Waals surface area (Å²) in [4.78, 5) is 5.53. The number of hydrogen-bond donors (Lipinski definition) is 1. The van der Waals surface area contributed by atoms with Gasteiger partial charge in [-0.3, -0.25) is 0 Å². The Balaban J connectivity index is 1.75. The molecule has 1 heterocycles. The van der Waals surface area contributed by atoms with Crippen molar-refractivity contribution in [1.82, 2.24) is 5.17 Å². The van der Waals surface area contributed by atoms with Crippen LogP contribution < -0.4 is 4.84 Å². The third-order valence-corrected chi connectivity index (χ3v) is 2.60. The van der Waals surface area contributed by atoms with Gasteiger partial charge < -0.3 is 9.94 Å². The number of nitrogens with zero attached hydrogens (tertiary/aromatic N) is 3. The highest BCUT2D eigenvalue weighted by Gasteiger charge is 2.13. The molecular weight excluding hydrogens is 230 g/mol. The Morgan fingerprint density at radius 3 is 2.67 bits per heavy atom. The van der Waals surface area contributed by atoms with Crippen molar-refractivity contribution in [2.24, 2.45) is 10.3 Å². The van der Waals surface area contributed by atoms with Crippen molar-refractivity contribution in [2.45, 2.75) is 6.54 Å². The van der Waals surface area contributed by atoms with Gasteiger partial charge in [0, 0.05) is 5.56 Å². The molecule has 0 spiro atoms. The van der Waals surface area contributed by atoms with E-state index in [1.807, 2.05) is 24.3 Å². The van der Waals surface area contributed by atoms with E-state index >= 15 is 0 Å². The predicted molar refractivity (Wildman–Crippen MR) is 65.2 cm³/mol. The molecular formula is C13H11N3O2. The topological polar surface area (TPSA) is 57.4 Å². The van der Waals surface area contributed by atoms with E-state index in [4.69, 9.17) is 4.84 Å². The first-order chi connectivity index (χ1) is 8.81. The molecule has 0 unspecified atom stereocenters. The Hall–Kier alpha value is -2.56. The van der Waals surface area contributed by atoms with Crippen LogP contribution in [0.2, 0.25) is 0 Å². The summed E-state index contributed by atoms with van der Waals surface area (Å²) in [7, 11) is 0. The van der Waals surface area contributed by atoms with E-state index in [0.29, 0.717) is 12.3 Å². The lowest BCUT2D eigenvalue weighted by Gasteiger charge is -2.21. The smallest absolute Gasteiger partial charge is 0.157 e. The van der Waals surface area contributed by atoms with E-state index in [-0.39, 0.29) is 5.75 Å². The molecule has 0 atom stereocenters. The fraction of sp³-hybridized carbons (Fsp3) is 0.0769. The molecule has 1 aliphatic heterocycles. The van der Waals surface area contributed by atoms with Crippen LogP contribution in [0.15, 0.2) is 58.9 Å². The molecule has 0 fully saturated rings. The van der Waals surface area contributed by atoms with Gasteiger partial charge in [-0.15, -0.1) is 10.3 Å². The van der Waals surface area contributed by atoms with Gasteiger partial charge in [0.05, 0.1) is 5.69 Å². The fourth-order valence-electron chi connectivity index (χ4n) is 1.70. The molecule has 0 saturated carbocycles. The van der Waals surface area contributed by atoms with Crippen molar-refractivity contribution in [3.63, 3.8) is 0 Å². The maximum atomic E-state index is 9.18. The van der Waals surface area contributed by atoms with Crippen LogP contribution >= 0.6 is 0 Å². The number of fused-ring (bicyclic) bond motifs is 1. The van der Waals surface area contributed by atoms with Gasteiger partial charge >= 0.3 is 0 Å². The first kappa shape index (κ1) is 10.6. The van der Waals surface area contributed by atoms with Gasteiger partial charge in [-0.25, -0.2) is 0 Å². The second-order valence-electron chi connectivity index (χ2n) is 3.91. The van der Waals surface area contributed by atoms with Crippen molar-refractivity contribution in [2.75, 3.05) is 0 Å². The molecule has 0 bridgehead atoms. The maximum absolute atomic E-state index is 9.18. The Bertz CT molecular complexity index is 581. The molecule has 3 rings (SSSR count). The first-order valence-electron chi connectivity index (χ1n) is 5.55. The van der Waals surface area contributed by atoms with Crippen LogP contribution in [0, 0.1) is 0 Å². The fourth-order valence-corrected chi connectivity index (χ4v) is 1.70. The van der Waals surface area contributed by atoms with Gasteiger partial charge in [0.2, 0.25) is 0 Å². The number of rotatable bonds is 2. The van der Waals surface area contributed by atoms with Gasteiger partial charge in [0.15, 0.2) is 5.75 Å². The lowest BCUT2D eigenvalue weighted by atomic mass is 10.2. The van der Waals surface area contributed by atoms with Crippen LogP contribution in [0.5, 0.6) is 11.5 Å². The highest BCUT2D eigenvalue weighted by atomic mass is 16.7. The number of benzene rings is 2. The van der Waals surface area contributed by atoms with Crippen molar-refractivity contribution in [3.05, 3.63) is 54.1 Å². The van der Waals surface area contributed by atoms with E-state index in [0.717, 1.165) is 11.3 Å². The van der Waals surface area contributed by atoms with Gasteiger partial charge in [0.25, 0.3) is 0 Å². The van der Waals surface area contributed by atoms with Crippen molar-refractivity contribution >= 4 is 5.69 Å². The molecule has 90 valence electrons. The van der Waals surface area contributed by atoms with E-state index in [1.54, 1.807) is 24.3 Å². The van der Waals surface area contributed by atoms with Crippen molar-refractivity contribution < 1.29 is 9.94 Å². The lowest BCUT2D eigenvalue weighted by molar-refractivity contribution is -0.0763. The second-order valence-corrected chi connectivity index (χ2v) is 3.91. The SMILES string of the molecule is Oc1ccc(ON2Cc3ccccc3N=N2)cc1. The van der Waals surface area contributed by atoms with Crippen molar-refractivity contribution in [3.8, 4) is 11.5 Å². The van der Waals surface area contributed by atoms with E-state index in [2.05, 4.69) is 10.3 Å². The molecule has 0 radical (unpaired) electrons. The van der Waals surface area contributed by atoms with Crippen LogP contribution in [-0.2, 0) is 6.54 Å². The van der Waals surface area contributed by atoms with Gasteiger partial charge in [-0.05, 0) is 35.6 Å². The summed E-state index contributed by atoms with van der Waals surface area (Å²) < 4.78 is 0. The molecule has 2 aromatic rings. The van der Waals surface area contributed by atoms with E-state index < -0.39 is 0 Å². The highest BCUT2D eigenvalue weighted by Crippen LogP contribution is 2.27. The lowest BCUT2D eigenvalue weighted by Crippen LogP contribution is -2.22. The number of aromatic hydroxyl groups is 1. The molecule has 5 nitrogen and oxygen atoms in total. The summed E-state index contributed by atoms with van der Waals surface area (Å²) in [6.07, 6.45) is 0. The third kappa shape index (κ3) is 2.10. The van der Waals surface area contributed by atoms with Crippen LogP contribution in [0.3, 0.4) is 0 Å². The van der Waals surface area contributed by atoms with Crippen LogP contribution in [0.25, 0.3) is 0 Å². The zero-order chi connectivity index (χ0) is 12.4. The monoisotopic (exact) mass is 241 g/mol. The summed E-state index contributed by atoms with van der Waals surface area (Å²) >= 11 is 0. The number of phenolic OH excluding ortho intramolecular Hbond substituents is 1. The Labute approximate surface area is 104 Å². The first-order valence-corrected chi connectivity index (χ1v) is 5.55. The molecule has 1 N–H and O–H groups in total. The Kier molecular flexibility index (Phi) is 2.57. The summed E-state index contributed by atoms with van der Waals surface area (Å²) in [5.41, 5.74) is 1.93. The zero-order valence-corrected chi connectivity index (χ0v) is 9.52. The number of hydroxylamine groups is 1. The average molecular weight is 241 g/mol. The molecule has 18 heavy (non-hydrogen) atoms. The number of hydrogen-bond acceptors (Lipinski definition) is 5. The minimum absolute atomic E-state index is 0.202. The molecule has 2 aromatic carbocycles. The highest BCUT2D eigenvalue weighted by molar-refractivity contribution is 5.45. The van der Waals surface area contributed by atoms with Crippen molar-refractivity contribution in [1.29, 1.82) is 0 Å². The molecule has 0 aromatic heterocycles. The quantitative estimate of drug-likeness (QED) is 0.878. The molecule has 5 heteroatoms. The van der Waals surface area contributed by atoms with E-state index in [9.17, 15) is 5.11 Å². The average Bonchev–Trinajstić information content (AvgIpc) is 2.41. The van der Waals surface area contributed by atoms with Crippen LogP contribution in [0.4, 0.5) is 5.69 Å². The standard InChI is InChI=1S/C13H11N3O2/c17-11-5-7-12(8-6-11)18-16-9-10-3-1-2-4-13(10)14-15-16/h1-8,17H,9H2. The summed E-state index contributed by atoms with van der Waals surface area (Å²) in [6, 6.07) is 14.2. The Morgan fingerprint density at radius 2 is 1.83 bits per heavy atom. The molecule has 0 amide bonds. The van der Waals surface area contributed by atoms with Crippen LogP contribution in [0.1, 0.15) is 5.56 Å². The Morgan fingerprint density at radius 1 is 1.06 bits per heavy atom. The predicted octanol–water partition coefficient (Wildman–Crippen LogP) is 3.20. The number of phenols is 1. The van der Waals surface area contributed by atoms with Gasteiger partial charge in [-0.2, -0.15) is 0 Å². The largest absolute Gasteiger partial charge is 0.508 e. The minimum Gasteiger partial charge on any atom is -0.508 e. The van der Waals surface area contributed by atoms with Gasteiger partial charge in [-0.1, -0.05) is 18.2 Å². The minimum atomic E-state index is 0.202. The summed E-state index contributed by atoms with van der Waals surface area (Å²) in [5.74, 6) is 0.805. The normalized spacial score (nSPS) is 13.2. The van der Waals surface area contributed by atoms with E-state index in [1.165, 1.54) is 5.17 Å². The third-order valence-electron chi connectivity index (χ3n) is 2.60. The van der Waals surface area contributed by atoms with Gasteiger partial charge in [0.1, 0.15) is 12.3 Å². The molecule has 1 aliphatic rings.